The Labute approximate surface area is 113 Å². The minimum absolute atomic E-state index is 0.00810. The molecule has 0 aromatic carbocycles. The lowest BCUT2D eigenvalue weighted by atomic mass is 10.1. The van der Waals surface area contributed by atoms with Crippen LogP contribution in [0.15, 0.2) is 4.79 Å². The number of aromatic amines is 1. The quantitative estimate of drug-likeness (QED) is 0.848. The number of aromatic nitrogens is 2. The smallest absolute Gasteiger partial charge is 0.254 e. The largest absolute Gasteiger partial charge is 0.370 e. The third-order valence-electron chi connectivity index (χ3n) is 4.13. The van der Waals surface area contributed by atoms with Crippen molar-refractivity contribution in [2.24, 2.45) is 5.92 Å². The van der Waals surface area contributed by atoms with Crippen LogP contribution >= 0.6 is 0 Å². The number of hydrogen-bond donors (Lipinski definition) is 1. The summed E-state index contributed by atoms with van der Waals surface area (Å²) in [6, 6.07) is 0. The zero-order valence-electron chi connectivity index (χ0n) is 11.6. The summed E-state index contributed by atoms with van der Waals surface area (Å²) in [6.07, 6.45) is 7.63. The van der Waals surface area contributed by atoms with E-state index in [2.05, 4.69) is 4.98 Å². The van der Waals surface area contributed by atoms with Crippen molar-refractivity contribution >= 4 is 0 Å². The number of H-pyrrole nitrogens is 1. The minimum atomic E-state index is -0.00810. The van der Waals surface area contributed by atoms with E-state index >= 15 is 0 Å². The third-order valence-corrected chi connectivity index (χ3v) is 4.13. The molecular weight excluding hydrogens is 240 g/mol. The molecule has 0 amide bonds. The molecule has 1 aromatic rings. The molecule has 1 atom stereocenters. The monoisotopic (exact) mass is 262 g/mol. The van der Waals surface area contributed by atoms with E-state index in [1.807, 2.05) is 6.92 Å². The molecule has 2 aliphatic carbocycles. The Morgan fingerprint density at radius 3 is 2.84 bits per heavy atom. The van der Waals surface area contributed by atoms with Crippen LogP contribution in [0.4, 0.5) is 0 Å². The molecule has 3 rings (SSSR count). The number of ether oxygens (including phenoxy) is 1. The second kappa shape index (κ2) is 5.45. The van der Waals surface area contributed by atoms with Crippen molar-refractivity contribution in [1.82, 2.24) is 9.97 Å². The lowest BCUT2D eigenvalue weighted by molar-refractivity contribution is 0.0396. The van der Waals surface area contributed by atoms with Gasteiger partial charge in [-0.2, -0.15) is 0 Å². The summed E-state index contributed by atoms with van der Waals surface area (Å²) < 4.78 is 5.80. The van der Waals surface area contributed by atoms with Crippen LogP contribution in [-0.2, 0) is 17.6 Å². The SMILES string of the molecule is CCOC(c1nc2c(c(=O)[nH]1)CCCCC2)C1CC1. The molecule has 1 aromatic heterocycles. The second-order valence-electron chi connectivity index (χ2n) is 5.65. The summed E-state index contributed by atoms with van der Waals surface area (Å²) in [5.41, 5.74) is 1.99. The van der Waals surface area contributed by atoms with Crippen molar-refractivity contribution < 1.29 is 4.74 Å². The standard InChI is InChI=1S/C15H22N2O2/c1-2-19-13(10-8-9-10)14-16-12-7-5-3-4-6-11(12)15(18)17-14/h10,13H,2-9H2,1H3,(H,16,17,18). The molecule has 1 fully saturated rings. The molecule has 1 saturated carbocycles. The van der Waals surface area contributed by atoms with E-state index in [0.29, 0.717) is 12.5 Å². The Balaban J connectivity index is 1.95. The normalized spacial score (nSPS) is 20.7. The molecule has 0 bridgehead atoms. The number of aryl methyl sites for hydroxylation is 1. The summed E-state index contributed by atoms with van der Waals surface area (Å²) in [5, 5.41) is 0. The minimum Gasteiger partial charge on any atom is -0.370 e. The maximum atomic E-state index is 12.2. The maximum absolute atomic E-state index is 12.2. The van der Waals surface area contributed by atoms with Gasteiger partial charge in [0.15, 0.2) is 0 Å². The average molecular weight is 262 g/mol. The van der Waals surface area contributed by atoms with Crippen molar-refractivity contribution in [2.45, 2.75) is 58.0 Å². The summed E-state index contributed by atoms with van der Waals surface area (Å²) in [5.74, 6) is 1.31. The van der Waals surface area contributed by atoms with Gasteiger partial charge < -0.3 is 9.72 Å². The van der Waals surface area contributed by atoms with Crippen LogP contribution in [0.25, 0.3) is 0 Å². The Bertz CT molecular complexity index is 505. The molecule has 2 aliphatic rings. The Morgan fingerprint density at radius 2 is 2.11 bits per heavy atom. The predicted octanol–water partition coefficient (Wildman–Crippen LogP) is 2.53. The number of fused-ring (bicyclic) bond motifs is 1. The van der Waals surface area contributed by atoms with E-state index in [9.17, 15) is 4.79 Å². The van der Waals surface area contributed by atoms with Crippen LogP contribution < -0.4 is 5.56 Å². The van der Waals surface area contributed by atoms with Crippen molar-refractivity contribution in [1.29, 1.82) is 0 Å². The van der Waals surface area contributed by atoms with Crippen LogP contribution in [0.1, 0.15) is 62.2 Å². The summed E-state index contributed by atoms with van der Waals surface area (Å²) >= 11 is 0. The molecule has 0 spiro atoms. The lowest BCUT2D eigenvalue weighted by Gasteiger charge is -2.17. The third kappa shape index (κ3) is 2.73. The van der Waals surface area contributed by atoms with Crippen molar-refractivity contribution in [2.75, 3.05) is 6.61 Å². The van der Waals surface area contributed by atoms with Gasteiger partial charge in [0.05, 0.1) is 5.69 Å². The zero-order chi connectivity index (χ0) is 13.2. The van der Waals surface area contributed by atoms with E-state index < -0.39 is 0 Å². The van der Waals surface area contributed by atoms with Crippen molar-refractivity contribution in [3.63, 3.8) is 0 Å². The fourth-order valence-corrected chi connectivity index (χ4v) is 2.95. The topological polar surface area (TPSA) is 55.0 Å². The van der Waals surface area contributed by atoms with Crippen LogP contribution in [-0.4, -0.2) is 16.6 Å². The molecule has 1 heterocycles. The van der Waals surface area contributed by atoms with Gasteiger partial charge in [0.25, 0.3) is 5.56 Å². The van der Waals surface area contributed by atoms with Crippen LogP contribution in [0.5, 0.6) is 0 Å². The lowest BCUT2D eigenvalue weighted by Crippen LogP contribution is -2.23. The molecule has 4 nitrogen and oxygen atoms in total. The molecule has 104 valence electrons. The van der Waals surface area contributed by atoms with Crippen molar-refractivity contribution in [3.05, 3.63) is 27.4 Å². The highest BCUT2D eigenvalue weighted by atomic mass is 16.5. The highest BCUT2D eigenvalue weighted by Gasteiger charge is 2.35. The van der Waals surface area contributed by atoms with Gasteiger partial charge in [0.2, 0.25) is 0 Å². The van der Waals surface area contributed by atoms with E-state index in [1.165, 1.54) is 19.3 Å². The average Bonchev–Trinajstić information content (AvgIpc) is 3.22. The second-order valence-corrected chi connectivity index (χ2v) is 5.65. The number of nitrogens with one attached hydrogen (secondary N) is 1. The van der Waals surface area contributed by atoms with Gasteiger partial charge in [0, 0.05) is 12.2 Å². The first kappa shape index (κ1) is 12.9. The first-order valence-corrected chi connectivity index (χ1v) is 7.53. The van der Waals surface area contributed by atoms with Gasteiger partial charge in [-0.3, -0.25) is 4.79 Å². The van der Waals surface area contributed by atoms with Gasteiger partial charge >= 0.3 is 0 Å². The van der Waals surface area contributed by atoms with E-state index in [-0.39, 0.29) is 11.7 Å². The number of hydrogen-bond acceptors (Lipinski definition) is 3. The molecule has 0 saturated heterocycles. The van der Waals surface area contributed by atoms with Gasteiger partial charge in [-0.15, -0.1) is 0 Å². The first-order valence-electron chi connectivity index (χ1n) is 7.53. The highest BCUT2D eigenvalue weighted by molar-refractivity contribution is 5.20. The Kier molecular flexibility index (Phi) is 3.69. The molecule has 1 unspecified atom stereocenters. The van der Waals surface area contributed by atoms with Crippen LogP contribution in [0.2, 0.25) is 0 Å². The zero-order valence-corrected chi connectivity index (χ0v) is 11.6. The maximum Gasteiger partial charge on any atom is 0.254 e. The van der Waals surface area contributed by atoms with Crippen molar-refractivity contribution in [3.8, 4) is 0 Å². The van der Waals surface area contributed by atoms with Crippen LogP contribution in [0.3, 0.4) is 0 Å². The van der Waals surface area contributed by atoms with E-state index in [1.54, 1.807) is 0 Å². The van der Waals surface area contributed by atoms with E-state index in [4.69, 9.17) is 9.72 Å². The van der Waals surface area contributed by atoms with Gasteiger partial charge in [-0.05, 0) is 51.4 Å². The fraction of sp³-hybridized carbons (Fsp3) is 0.733. The Hall–Kier alpha value is -1.16. The molecule has 4 heteroatoms. The number of rotatable bonds is 4. The summed E-state index contributed by atoms with van der Waals surface area (Å²) in [6.45, 7) is 2.67. The van der Waals surface area contributed by atoms with Gasteiger partial charge in [0.1, 0.15) is 11.9 Å². The Morgan fingerprint density at radius 1 is 1.32 bits per heavy atom. The van der Waals surface area contributed by atoms with Crippen LogP contribution in [0, 0.1) is 5.92 Å². The predicted molar refractivity (Wildman–Crippen MR) is 73.2 cm³/mol. The fourth-order valence-electron chi connectivity index (χ4n) is 2.95. The van der Waals surface area contributed by atoms with Gasteiger partial charge in [-0.1, -0.05) is 6.42 Å². The number of nitrogens with zero attached hydrogens (tertiary/aromatic N) is 1. The summed E-state index contributed by atoms with van der Waals surface area (Å²) in [7, 11) is 0. The highest BCUT2D eigenvalue weighted by Crippen LogP contribution is 2.42. The van der Waals surface area contributed by atoms with Gasteiger partial charge in [-0.25, -0.2) is 4.98 Å². The molecular formula is C15H22N2O2. The molecule has 0 radical (unpaired) electrons. The molecule has 1 N–H and O–H groups in total. The molecule has 19 heavy (non-hydrogen) atoms. The first-order chi connectivity index (χ1) is 9.29. The molecule has 0 aliphatic heterocycles. The van der Waals surface area contributed by atoms with E-state index in [0.717, 1.165) is 42.8 Å². The summed E-state index contributed by atoms with van der Waals surface area (Å²) in [4.78, 5) is 19.9.